The minimum Gasteiger partial charge on any atom is -0.496 e. The molecule has 8 aliphatic carbocycles. The predicted molar refractivity (Wildman–Crippen MR) is 444 cm³/mol. The summed E-state index contributed by atoms with van der Waals surface area (Å²) >= 11 is 0. The molecule has 2 N–H and O–H groups in total. The van der Waals surface area contributed by atoms with Crippen LogP contribution >= 0.6 is 0 Å². The molecule has 0 aromatic heterocycles. The van der Waals surface area contributed by atoms with Crippen molar-refractivity contribution in [2.45, 2.75) is 229 Å². The van der Waals surface area contributed by atoms with Gasteiger partial charge in [-0.2, -0.15) is 0 Å². The Kier molecular flexibility index (Phi) is 26.4. The van der Waals surface area contributed by atoms with Crippen LogP contribution in [0.15, 0.2) is 133 Å². The van der Waals surface area contributed by atoms with E-state index in [2.05, 4.69) is 122 Å². The molecule has 12 aliphatic rings. The van der Waals surface area contributed by atoms with E-state index in [1.54, 1.807) is 40.4 Å². The Balaban J connectivity index is 0.000000118. The molecular formula is C97H132N6O6. The van der Waals surface area contributed by atoms with E-state index in [0.29, 0.717) is 48.6 Å². The van der Waals surface area contributed by atoms with Gasteiger partial charge in [0.2, 0.25) is 0 Å². The highest BCUT2D eigenvalue weighted by atomic mass is 16.5. The third-order valence-electron chi connectivity index (χ3n) is 29.7. The number of carbonyl (C=O) groups is 2. The van der Waals surface area contributed by atoms with Gasteiger partial charge in [-0.25, -0.2) is 0 Å². The highest BCUT2D eigenvalue weighted by Crippen LogP contribution is 2.52. The van der Waals surface area contributed by atoms with Crippen LogP contribution in [0.1, 0.15) is 246 Å². The van der Waals surface area contributed by atoms with Crippen LogP contribution in [0.3, 0.4) is 0 Å². The van der Waals surface area contributed by atoms with E-state index in [-0.39, 0.29) is 11.8 Å². The van der Waals surface area contributed by atoms with Gasteiger partial charge in [0.25, 0.3) is 11.8 Å². The summed E-state index contributed by atoms with van der Waals surface area (Å²) in [6.07, 6.45) is 37.0. The first-order valence-corrected chi connectivity index (χ1v) is 43.7. The number of carbonyl (C=O) groups excluding carboxylic acids is 2. The van der Waals surface area contributed by atoms with Gasteiger partial charge in [-0.3, -0.25) is 9.59 Å². The quantitative estimate of drug-likeness (QED) is 0.0761. The molecule has 18 rings (SSSR count). The van der Waals surface area contributed by atoms with Crippen molar-refractivity contribution < 1.29 is 28.5 Å². The minimum absolute atomic E-state index is 0.0169. The molecule has 4 saturated heterocycles. The molecule has 109 heavy (non-hydrogen) atoms. The SMILES string of the molecule is CCNC(=O)c1ccc(-c2ccc(OC)c(C3CCN([C@H]4C[C@H]5CC[C@H]4C5)CC3)c2)cc1.COCCNC(=O)c1ccc(-c2ccc(OC)c(C3CCN([C@H]4C[C@H]5CC[C@H]4C5)CC3)c2)cc1.COc1ccccc1C1CCN([C@@H]2C[C@H]3CC[C@H]2C3)CC1.Cc1ccccc1C1CCN(C2CCC3CCC(C3)C2)CC1. The zero-order valence-corrected chi connectivity index (χ0v) is 67.3. The van der Waals surface area contributed by atoms with Gasteiger partial charge >= 0.3 is 0 Å². The summed E-state index contributed by atoms with van der Waals surface area (Å²) in [6.45, 7) is 16.0. The monoisotopic (exact) mass is 1480 g/mol. The Morgan fingerprint density at radius 2 is 0.734 bits per heavy atom. The van der Waals surface area contributed by atoms with Crippen LogP contribution in [-0.2, 0) is 4.74 Å². The second-order valence-electron chi connectivity index (χ2n) is 35.8. The van der Waals surface area contributed by atoms with E-state index >= 15 is 0 Å². The average Bonchev–Trinajstić information content (AvgIpc) is 1.78. The van der Waals surface area contributed by atoms with Gasteiger partial charge in [0.1, 0.15) is 17.2 Å². The lowest BCUT2D eigenvalue weighted by Crippen LogP contribution is -2.43. The van der Waals surface area contributed by atoms with Gasteiger partial charge in [-0.1, -0.05) is 111 Å². The van der Waals surface area contributed by atoms with E-state index in [1.165, 1.54) is 246 Å². The number of ether oxygens (including phenoxy) is 4. The maximum Gasteiger partial charge on any atom is 0.251 e. The first-order valence-electron chi connectivity index (χ1n) is 43.7. The molecule has 4 heterocycles. The van der Waals surface area contributed by atoms with E-state index in [4.69, 9.17) is 18.9 Å². The average molecular weight is 1480 g/mol. The van der Waals surface area contributed by atoms with Crippen LogP contribution in [-0.4, -0.2) is 156 Å². The van der Waals surface area contributed by atoms with Crippen molar-refractivity contribution in [1.82, 2.24) is 30.2 Å². The number of methoxy groups -OCH3 is 4. The summed E-state index contributed by atoms with van der Waals surface area (Å²) in [7, 11) is 6.99. The Bertz CT molecular complexity index is 3900. The lowest BCUT2D eigenvalue weighted by Gasteiger charge is -2.40. The van der Waals surface area contributed by atoms with Gasteiger partial charge in [0.15, 0.2) is 0 Å². The molecule has 0 spiro atoms. The minimum atomic E-state index is -0.0683. The number of aryl methyl sites for hydroxylation is 1. The maximum atomic E-state index is 12.3. The molecule has 12 heteroatoms. The first-order chi connectivity index (χ1) is 53.5. The van der Waals surface area contributed by atoms with E-state index in [0.717, 1.165) is 106 Å². The summed E-state index contributed by atoms with van der Waals surface area (Å²) in [6, 6.07) is 50.1. The fourth-order valence-corrected chi connectivity index (χ4v) is 23.9. The fraction of sp³-hybridized carbons (Fsp3) is 0.608. The smallest absolute Gasteiger partial charge is 0.251 e. The number of rotatable bonds is 19. The molecule has 12 fully saturated rings. The molecule has 586 valence electrons. The molecule has 6 aromatic rings. The Morgan fingerprint density at radius 1 is 0.358 bits per heavy atom. The molecule has 4 aliphatic heterocycles. The lowest BCUT2D eigenvalue weighted by atomic mass is 9.85. The Labute approximate surface area is 655 Å². The van der Waals surface area contributed by atoms with Crippen LogP contribution in [0, 0.1) is 54.3 Å². The van der Waals surface area contributed by atoms with Gasteiger partial charge in [0, 0.05) is 55.5 Å². The van der Waals surface area contributed by atoms with Crippen molar-refractivity contribution in [3.8, 4) is 39.5 Å². The van der Waals surface area contributed by atoms with Crippen LogP contribution < -0.4 is 24.8 Å². The number of para-hydroxylation sites is 1. The van der Waals surface area contributed by atoms with Gasteiger partial charge in [-0.05, 0) is 377 Å². The zero-order valence-electron chi connectivity index (χ0n) is 67.3. The summed E-state index contributed by atoms with van der Waals surface area (Å²) in [4.78, 5) is 35.6. The lowest BCUT2D eigenvalue weighted by molar-refractivity contribution is 0.0934. The fourth-order valence-electron chi connectivity index (χ4n) is 23.9. The van der Waals surface area contributed by atoms with Crippen molar-refractivity contribution in [2.24, 2.45) is 47.3 Å². The topological polar surface area (TPSA) is 108 Å². The third-order valence-corrected chi connectivity index (χ3v) is 29.7. The molecule has 12 atom stereocenters. The molecule has 12 nitrogen and oxygen atoms in total. The maximum absolute atomic E-state index is 12.3. The number of hydrogen-bond acceptors (Lipinski definition) is 10. The molecular weight excluding hydrogens is 1350 g/mol. The van der Waals surface area contributed by atoms with E-state index < -0.39 is 0 Å². The summed E-state index contributed by atoms with van der Waals surface area (Å²) in [5.41, 5.74) is 13.2. The van der Waals surface area contributed by atoms with Gasteiger partial charge < -0.3 is 49.2 Å². The second-order valence-corrected chi connectivity index (χ2v) is 35.8. The molecule has 8 saturated carbocycles. The number of benzene rings is 6. The van der Waals surface area contributed by atoms with Crippen LogP contribution in [0.5, 0.6) is 17.2 Å². The molecule has 6 aromatic carbocycles. The molecule has 0 radical (unpaired) electrons. The van der Waals surface area contributed by atoms with Crippen LogP contribution in [0.4, 0.5) is 0 Å². The third kappa shape index (κ3) is 18.6. The molecule has 8 bridgehead atoms. The normalized spacial score (nSPS) is 28.6. The Morgan fingerprint density at radius 3 is 1.17 bits per heavy atom. The number of hydrogen-bond donors (Lipinski definition) is 2. The largest absolute Gasteiger partial charge is 0.496 e. The van der Waals surface area contributed by atoms with Gasteiger partial charge in [0.05, 0.1) is 27.9 Å². The van der Waals surface area contributed by atoms with Crippen molar-refractivity contribution in [1.29, 1.82) is 0 Å². The summed E-state index contributed by atoms with van der Waals surface area (Å²) in [5, 5.41) is 5.74. The van der Waals surface area contributed by atoms with Crippen molar-refractivity contribution >= 4 is 11.8 Å². The van der Waals surface area contributed by atoms with E-state index in [9.17, 15) is 9.59 Å². The molecule has 2 amide bonds. The van der Waals surface area contributed by atoms with Crippen molar-refractivity contribution in [3.05, 3.63) is 172 Å². The van der Waals surface area contributed by atoms with Crippen LogP contribution in [0.25, 0.3) is 22.3 Å². The number of piperidine rings is 4. The highest BCUT2D eigenvalue weighted by Gasteiger charge is 2.46. The number of likely N-dealkylation sites (tertiary alicyclic amines) is 4. The molecule has 3 unspecified atom stereocenters. The Hall–Kier alpha value is -6.54. The predicted octanol–water partition coefficient (Wildman–Crippen LogP) is 19.8. The number of amides is 2. The van der Waals surface area contributed by atoms with Crippen molar-refractivity contribution in [2.75, 3.05) is 100 Å². The first kappa shape index (κ1) is 77.8. The summed E-state index contributed by atoms with van der Waals surface area (Å²) in [5.74, 6) is 13.8. The second kappa shape index (κ2) is 37.0. The van der Waals surface area contributed by atoms with E-state index in [1.807, 2.05) is 55.5 Å². The standard InChI is InChI=1S/C29H38N2O3.C28H36N2O2.C21H31N.C19H27NO/c1-33-16-13-30-29(32)23-7-5-21(6-8-23)24-9-10-28(34-2)26(19-24)22-11-14-31(15-12-22)27-18-20-3-4-25(27)17-20;1-3-29-28(31)22-8-6-20(7-9-22)23-10-11-27(32-2)25(18-23)21-12-14-30(15-13-21)26-17-19-4-5-24(26)16-19;1-16-4-2-3-5-21(16)19-10-12-22(13-11-19)20-9-8-17-6-7-18(14-17)15-20;1-21-19-5-3-2-4-17(19)15-8-10-20(11-9-15)18-13-14-6-7-16(18)12-14/h5-10,19-20,22,25,27H,3-4,11-18H2,1-2H3,(H,30,32);6-11,18-19,21,24,26H,3-5,12-17H2,1-2H3,(H,29,31);2-5,17-20H,6-15H2,1H3;2-5,14-16,18H,6-13H2,1H3/t20-,25-,27-;19-,24-,26-;;14-,16-,18+/m00.0/s1. The number of nitrogens with zero attached hydrogens (tertiary/aromatic N) is 4. The summed E-state index contributed by atoms with van der Waals surface area (Å²) < 4.78 is 22.1. The highest BCUT2D eigenvalue weighted by molar-refractivity contribution is 5.95. The van der Waals surface area contributed by atoms with Crippen molar-refractivity contribution in [3.63, 3.8) is 0 Å². The number of fused-ring (bicyclic) bond motifs is 8. The number of nitrogens with one attached hydrogen (secondary N) is 2. The van der Waals surface area contributed by atoms with Crippen LogP contribution in [0.2, 0.25) is 0 Å². The zero-order chi connectivity index (χ0) is 74.7. The van der Waals surface area contributed by atoms with Gasteiger partial charge in [-0.15, -0.1) is 0 Å².